The van der Waals surface area contributed by atoms with Gasteiger partial charge < -0.3 is 0 Å². The molecule has 0 heterocycles. The summed E-state index contributed by atoms with van der Waals surface area (Å²) in [7, 11) is 0. The summed E-state index contributed by atoms with van der Waals surface area (Å²) in [6, 6.07) is 0. The average Bonchev–Trinajstić information content (AvgIpc) is 2.65. The van der Waals surface area contributed by atoms with Gasteiger partial charge in [-0.15, -0.1) is 0 Å². The van der Waals surface area contributed by atoms with Gasteiger partial charge in [-0.2, -0.15) is 0 Å². The van der Waals surface area contributed by atoms with Gasteiger partial charge in [-0.25, -0.2) is 0 Å². The Morgan fingerprint density at radius 1 is 0.929 bits per heavy atom. The number of halogens is 2. The summed E-state index contributed by atoms with van der Waals surface area (Å²) in [6.45, 7) is 0. The predicted molar refractivity (Wildman–Crippen MR) is 57.9 cm³/mol. The zero-order valence-electron chi connectivity index (χ0n) is 7.69. The molecule has 70 valence electrons. The molecule has 0 spiro atoms. The van der Waals surface area contributed by atoms with Crippen LogP contribution in [0.3, 0.4) is 0 Å². The van der Waals surface area contributed by atoms with Crippen LogP contribution in [-0.4, -0.2) is 0 Å². The van der Waals surface area contributed by atoms with Crippen molar-refractivity contribution in [2.45, 2.75) is 19.3 Å². The first kappa shape index (κ1) is 12.5. The molecule has 0 N–H and O–H groups in total. The summed E-state index contributed by atoms with van der Waals surface area (Å²) in [6.07, 6.45) is 11.0. The molecule has 0 unspecified atom stereocenters. The quantitative estimate of drug-likeness (QED) is 0.714. The van der Waals surface area contributed by atoms with Crippen molar-refractivity contribution in [2.24, 2.45) is 0 Å². The molecule has 2 aliphatic carbocycles. The summed E-state index contributed by atoms with van der Waals surface area (Å²) in [4.78, 5) is 0. The van der Waals surface area contributed by atoms with Crippen molar-refractivity contribution in [1.82, 2.24) is 0 Å². The monoisotopic (exact) mass is 302 g/mol. The van der Waals surface area contributed by atoms with Crippen molar-refractivity contribution in [2.75, 3.05) is 0 Å². The topological polar surface area (TPSA) is 0 Å². The molecule has 3 heteroatoms. The smallest absolute Gasteiger partial charge is 0.0885 e. The fourth-order valence-corrected chi connectivity index (χ4v) is 2.00. The van der Waals surface area contributed by atoms with Gasteiger partial charge in [0, 0.05) is 22.9 Å². The van der Waals surface area contributed by atoms with Crippen LogP contribution in [0.5, 0.6) is 0 Å². The Hall–Kier alpha value is 0.423. The summed E-state index contributed by atoms with van der Waals surface area (Å²) < 4.78 is 0. The first-order valence-corrected chi connectivity index (χ1v) is 5.11. The molecule has 0 saturated heterocycles. The maximum Gasteiger partial charge on any atom is 2.00 e. The third-order valence-corrected chi connectivity index (χ3v) is 3.10. The molecule has 0 amide bonds. The van der Waals surface area contributed by atoms with E-state index in [0.29, 0.717) is 0 Å². The van der Waals surface area contributed by atoms with Gasteiger partial charge in [0.2, 0.25) is 0 Å². The first-order valence-electron chi connectivity index (χ1n) is 4.35. The molecule has 0 aromatic rings. The van der Waals surface area contributed by atoms with E-state index >= 15 is 0 Å². The third-order valence-electron chi connectivity index (χ3n) is 2.31. The maximum absolute atomic E-state index is 6.03. The molecule has 0 aliphatic heterocycles. The van der Waals surface area contributed by atoms with Gasteiger partial charge in [0.25, 0.3) is 0 Å². The summed E-state index contributed by atoms with van der Waals surface area (Å²) in [5.74, 6) is 0. The Morgan fingerprint density at radius 3 is 1.64 bits per heavy atom. The summed E-state index contributed by atoms with van der Waals surface area (Å²) in [5.41, 5.74) is 2.42. The summed E-state index contributed by atoms with van der Waals surface area (Å²) >= 11 is 12.1. The van der Waals surface area contributed by atoms with Crippen LogP contribution in [0, 0.1) is 0 Å². The Bertz CT molecular complexity index is 314. The number of allylic oxidation sites excluding steroid dienone is 8. The van der Waals surface area contributed by atoms with Crippen LogP contribution < -0.4 is 0 Å². The molecule has 0 saturated carbocycles. The molecule has 14 heavy (non-hydrogen) atoms. The van der Waals surface area contributed by atoms with Gasteiger partial charge >= 0.3 is 26.2 Å². The number of rotatable bonds is 2. The van der Waals surface area contributed by atoms with Crippen LogP contribution in [0.25, 0.3) is 0 Å². The van der Waals surface area contributed by atoms with E-state index in [0.717, 1.165) is 29.3 Å². The number of hydrogen-bond donors (Lipinski definition) is 0. The molecular formula is C11H10Cl2Zr+2. The van der Waals surface area contributed by atoms with Gasteiger partial charge in [0.15, 0.2) is 0 Å². The van der Waals surface area contributed by atoms with Gasteiger partial charge in [-0.3, -0.25) is 0 Å². The van der Waals surface area contributed by atoms with Crippen molar-refractivity contribution in [1.29, 1.82) is 0 Å². The second kappa shape index (κ2) is 5.49. The predicted octanol–water partition coefficient (Wildman–Crippen LogP) is 4.28. The minimum atomic E-state index is 0. The Labute approximate surface area is 113 Å². The molecule has 0 atom stereocenters. The van der Waals surface area contributed by atoms with Crippen molar-refractivity contribution in [3.8, 4) is 0 Å². The van der Waals surface area contributed by atoms with E-state index in [4.69, 9.17) is 23.2 Å². The molecule has 0 nitrogen and oxygen atoms in total. The van der Waals surface area contributed by atoms with Crippen LogP contribution in [0.4, 0.5) is 0 Å². The second-order valence-electron chi connectivity index (χ2n) is 3.25. The van der Waals surface area contributed by atoms with E-state index in [9.17, 15) is 0 Å². The van der Waals surface area contributed by atoms with Crippen molar-refractivity contribution >= 4 is 23.2 Å². The second-order valence-corrected chi connectivity index (χ2v) is 4.16. The van der Waals surface area contributed by atoms with Gasteiger partial charge in [0.05, 0.1) is 0 Å². The molecule has 0 aromatic heterocycles. The normalized spacial score (nSPS) is 19.6. The van der Waals surface area contributed by atoms with Gasteiger partial charge in [-0.1, -0.05) is 47.5 Å². The zero-order chi connectivity index (χ0) is 9.26. The van der Waals surface area contributed by atoms with E-state index in [-0.39, 0.29) is 26.2 Å². The Balaban J connectivity index is 0.000000980. The fourth-order valence-electron chi connectivity index (χ4n) is 1.57. The van der Waals surface area contributed by atoms with E-state index in [1.807, 2.05) is 0 Å². The standard InChI is InChI=1S/C11H10Cl2.Zr/c12-10-5-1-3-8(10)7-9-4-2-6-11(9)13;/h1-4H,5-7H2;/q;+2. The van der Waals surface area contributed by atoms with Gasteiger partial charge in [0.1, 0.15) is 0 Å². The molecule has 0 aromatic carbocycles. The fraction of sp³-hybridized carbons (Fsp3) is 0.273. The molecule has 2 aliphatic rings. The SMILES string of the molecule is ClC1=C(CC2=C(Cl)CC=C2)C=CC1.[Zr+2]. The Kier molecular flexibility index (Phi) is 4.90. The van der Waals surface area contributed by atoms with Crippen molar-refractivity contribution < 1.29 is 26.2 Å². The van der Waals surface area contributed by atoms with Crippen LogP contribution in [0.15, 0.2) is 45.5 Å². The molecule has 2 rings (SSSR count). The minimum Gasteiger partial charge on any atom is -0.0885 e. The number of hydrogen-bond acceptors (Lipinski definition) is 0. The largest absolute Gasteiger partial charge is 2.00 e. The first-order chi connectivity index (χ1) is 6.27. The van der Waals surface area contributed by atoms with E-state index in [1.165, 1.54) is 11.1 Å². The van der Waals surface area contributed by atoms with Gasteiger partial charge in [-0.05, 0) is 17.6 Å². The van der Waals surface area contributed by atoms with E-state index in [1.54, 1.807) is 0 Å². The summed E-state index contributed by atoms with van der Waals surface area (Å²) in [5, 5.41) is 1.91. The maximum atomic E-state index is 6.03. The van der Waals surface area contributed by atoms with Crippen LogP contribution >= 0.6 is 23.2 Å². The van der Waals surface area contributed by atoms with Crippen molar-refractivity contribution in [3.63, 3.8) is 0 Å². The molecule has 0 fully saturated rings. The van der Waals surface area contributed by atoms with E-state index < -0.39 is 0 Å². The Morgan fingerprint density at radius 2 is 1.36 bits per heavy atom. The van der Waals surface area contributed by atoms with Crippen LogP contribution in [-0.2, 0) is 26.2 Å². The van der Waals surface area contributed by atoms with E-state index in [2.05, 4.69) is 24.3 Å². The minimum absolute atomic E-state index is 0. The molecule has 0 radical (unpaired) electrons. The zero-order valence-corrected chi connectivity index (χ0v) is 11.7. The van der Waals surface area contributed by atoms with Crippen LogP contribution in [0.2, 0.25) is 0 Å². The van der Waals surface area contributed by atoms with Crippen LogP contribution in [0.1, 0.15) is 19.3 Å². The average molecular weight is 304 g/mol. The van der Waals surface area contributed by atoms with Crippen molar-refractivity contribution in [3.05, 3.63) is 45.5 Å². The molecular weight excluding hydrogens is 294 g/mol. The third kappa shape index (κ3) is 2.72. The molecule has 0 bridgehead atoms.